The molecule has 1 saturated heterocycles. The van der Waals surface area contributed by atoms with Crippen LogP contribution >= 0.6 is 39.9 Å². The zero-order chi connectivity index (χ0) is 21.8. The van der Waals surface area contributed by atoms with E-state index >= 15 is 0 Å². The summed E-state index contributed by atoms with van der Waals surface area (Å²) in [6.07, 6.45) is 1.66. The lowest BCUT2D eigenvalue weighted by Crippen LogP contribution is -2.37. The molecule has 1 N–H and O–H groups in total. The van der Waals surface area contributed by atoms with Gasteiger partial charge >= 0.3 is 5.97 Å². The minimum absolute atomic E-state index is 0.194. The van der Waals surface area contributed by atoms with Crippen LogP contribution in [0, 0.1) is 0 Å². The molecule has 156 valence electrons. The van der Waals surface area contributed by atoms with Gasteiger partial charge < -0.3 is 14.6 Å². The summed E-state index contributed by atoms with van der Waals surface area (Å²) in [5.74, 6) is -0.519. The molecule has 2 aromatic carbocycles. The average molecular weight is 508 g/mol. The van der Waals surface area contributed by atoms with E-state index in [2.05, 4.69) is 15.9 Å². The molecular weight excluding hydrogens is 490 g/mol. The van der Waals surface area contributed by atoms with Gasteiger partial charge in [-0.25, -0.2) is 4.79 Å². The summed E-state index contributed by atoms with van der Waals surface area (Å²) < 4.78 is 11.9. The van der Waals surface area contributed by atoms with Crippen LogP contribution in [0.2, 0.25) is 0 Å². The van der Waals surface area contributed by atoms with Crippen molar-refractivity contribution in [1.29, 1.82) is 0 Å². The van der Waals surface area contributed by atoms with Gasteiger partial charge in [0.15, 0.2) is 17.5 Å². The first-order valence-corrected chi connectivity index (χ1v) is 10.9. The second-order valence-corrected chi connectivity index (χ2v) is 8.70. The molecule has 2 aromatic rings. The van der Waals surface area contributed by atoms with Crippen LogP contribution in [0.25, 0.3) is 6.08 Å². The average Bonchev–Trinajstić information content (AvgIpc) is 2.98. The van der Waals surface area contributed by atoms with Gasteiger partial charge in [-0.05, 0) is 52.2 Å². The number of carboxylic acid groups (broad SMARTS) is 1. The summed E-state index contributed by atoms with van der Waals surface area (Å²) in [4.78, 5) is 26.5. The Hall–Kier alpha value is -2.36. The van der Waals surface area contributed by atoms with Crippen molar-refractivity contribution in [2.24, 2.45) is 0 Å². The summed E-state index contributed by atoms with van der Waals surface area (Å²) in [5, 5.41) is 9.77. The summed E-state index contributed by atoms with van der Waals surface area (Å²) in [7, 11) is 1.53. The number of thioether (sulfide) groups is 1. The second kappa shape index (κ2) is 9.63. The number of nitrogens with zero attached hydrogens (tertiary/aromatic N) is 1. The molecule has 0 aromatic heterocycles. The van der Waals surface area contributed by atoms with Crippen LogP contribution in [0.4, 0.5) is 0 Å². The quantitative estimate of drug-likeness (QED) is 0.422. The number of carbonyl (C=O) groups excluding carboxylic acids is 1. The van der Waals surface area contributed by atoms with Crippen molar-refractivity contribution in [1.82, 2.24) is 4.90 Å². The number of benzene rings is 2. The highest BCUT2D eigenvalue weighted by atomic mass is 79.9. The smallest absolute Gasteiger partial charge is 0.331 e. The summed E-state index contributed by atoms with van der Waals surface area (Å²) in [6, 6.07) is 10.9. The molecule has 9 heteroatoms. The van der Waals surface area contributed by atoms with Crippen molar-refractivity contribution in [3.05, 3.63) is 63.0 Å². The van der Waals surface area contributed by atoms with E-state index in [1.54, 1.807) is 48.5 Å². The van der Waals surface area contributed by atoms with Crippen molar-refractivity contribution in [3.63, 3.8) is 0 Å². The Kier molecular flexibility index (Phi) is 7.17. The molecule has 30 heavy (non-hydrogen) atoms. The maximum Gasteiger partial charge on any atom is 0.331 e. The fraction of sp³-hybridized carbons (Fsp3) is 0.190. The molecule has 1 heterocycles. The molecule has 1 amide bonds. The van der Waals surface area contributed by atoms with E-state index in [1.165, 1.54) is 7.11 Å². The van der Waals surface area contributed by atoms with E-state index in [9.17, 15) is 14.7 Å². The number of thiocarbonyl (C=S) groups is 1. The lowest BCUT2D eigenvalue weighted by molar-refractivity contribution is -0.145. The second-order valence-electron chi connectivity index (χ2n) is 6.17. The van der Waals surface area contributed by atoms with E-state index in [0.717, 1.165) is 16.7 Å². The van der Waals surface area contributed by atoms with Crippen molar-refractivity contribution in [3.8, 4) is 11.5 Å². The minimum atomic E-state index is -1.19. The number of carbonyl (C=O) groups is 2. The zero-order valence-corrected chi connectivity index (χ0v) is 19.3. The Morgan fingerprint density at radius 3 is 2.63 bits per heavy atom. The highest BCUT2D eigenvalue weighted by molar-refractivity contribution is 9.10. The van der Waals surface area contributed by atoms with Crippen molar-refractivity contribution < 1.29 is 24.2 Å². The van der Waals surface area contributed by atoms with Crippen LogP contribution in [-0.2, 0) is 9.59 Å². The first-order chi connectivity index (χ1) is 14.4. The Labute approximate surface area is 192 Å². The number of amides is 1. The third kappa shape index (κ3) is 4.53. The van der Waals surface area contributed by atoms with Gasteiger partial charge in [0.2, 0.25) is 0 Å². The van der Waals surface area contributed by atoms with E-state index in [-0.39, 0.29) is 4.32 Å². The fourth-order valence-electron chi connectivity index (χ4n) is 3.00. The Bertz CT molecular complexity index is 1030. The SMILES string of the molecule is CCOc1c(Br)cc(/C=C2\SC(=S)N(C(C(=O)O)c3ccccc3)C2=O)cc1OC. The van der Waals surface area contributed by atoms with E-state index in [4.69, 9.17) is 21.7 Å². The predicted octanol–water partition coefficient (Wildman–Crippen LogP) is 4.88. The number of halogens is 1. The number of aliphatic carboxylic acids is 1. The highest BCUT2D eigenvalue weighted by Crippen LogP contribution is 2.41. The zero-order valence-electron chi connectivity index (χ0n) is 16.1. The van der Waals surface area contributed by atoms with E-state index in [1.807, 2.05) is 6.92 Å². The van der Waals surface area contributed by atoms with Crippen LogP contribution in [0.5, 0.6) is 11.5 Å². The van der Waals surface area contributed by atoms with Gasteiger partial charge in [-0.3, -0.25) is 9.69 Å². The summed E-state index contributed by atoms with van der Waals surface area (Å²) >= 11 is 9.88. The molecule has 1 atom stereocenters. The first kappa shape index (κ1) is 22.3. The molecule has 0 bridgehead atoms. The lowest BCUT2D eigenvalue weighted by Gasteiger charge is -2.23. The summed E-state index contributed by atoms with van der Waals surface area (Å²) in [6.45, 7) is 2.35. The molecule has 0 saturated carbocycles. The predicted molar refractivity (Wildman–Crippen MR) is 124 cm³/mol. The number of carboxylic acids is 1. The van der Waals surface area contributed by atoms with Crippen LogP contribution in [0.3, 0.4) is 0 Å². The van der Waals surface area contributed by atoms with Gasteiger partial charge in [-0.15, -0.1) is 0 Å². The molecule has 3 rings (SSSR count). The van der Waals surface area contributed by atoms with Crippen LogP contribution in [0.1, 0.15) is 24.1 Å². The van der Waals surface area contributed by atoms with Crippen LogP contribution in [0.15, 0.2) is 51.8 Å². The van der Waals surface area contributed by atoms with Crippen molar-refractivity contribution in [2.75, 3.05) is 13.7 Å². The molecule has 1 aliphatic rings. The maximum absolute atomic E-state index is 13.1. The van der Waals surface area contributed by atoms with Gasteiger partial charge in [-0.2, -0.15) is 0 Å². The maximum atomic E-state index is 13.1. The highest BCUT2D eigenvalue weighted by Gasteiger charge is 2.41. The molecule has 1 unspecified atom stereocenters. The summed E-state index contributed by atoms with van der Waals surface area (Å²) in [5.41, 5.74) is 1.17. The fourth-order valence-corrected chi connectivity index (χ4v) is 4.89. The molecule has 0 aliphatic carbocycles. The largest absolute Gasteiger partial charge is 0.493 e. The number of rotatable bonds is 7. The molecular formula is C21H18BrNO5S2. The van der Waals surface area contributed by atoms with E-state index < -0.39 is 17.9 Å². The van der Waals surface area contributed by atoms with Gasteiger partial charge in [0.05, 0.1) is 23.1 Å². The monoisotopic (exact) mass is 507 g/mol. The topological polar surface area (TPSA) is 76.1 Å². The van der Waals surface area contributed by atoms with Gasteiger partial charge in [0.25, 0.3) is 5.91 Å². The normalized spacial score (nSPS) is 16.1. The molecule has 1 fully saturated rings. The van der Waals surface area contributed by atoms with Gasteiger partial charge in [-0.1, -0.05) is 54.3 Å². The van der Waals surface area contributed by atoms with Gasteiger partial charge in [0, 0.05) is 0 Å². The number of hydrogen-bond acceptors (Lipinski definition) is 6. The minimum Gasteiger partial charge on any atom is -0.493 e. The van der Waals surface area contributed by atoms with Gasteiger partial charge in [0.1, 0.15) is 4.32 Å². The lowest BCUT2D eigenvalue weighted by atomic mass is 10.1. The molecule has 1 aliphatic heterocycles. The first-order valence-electron chi connectivity index (χ1n) is 8.92. The number of ether oxygens (including phenoxy) is 2. The Balaban J connectivity index is 1.97. The van der Waals surface area contributed by atoms with Crippen molar-refractivity contribution >= 4 is 62.2 Å². The molecule has 0 spiro atoms. The Morgan fingerprint density at radius 1 is 1.33 bits per heavy atom. The third-order valence-corrected chi connectivity index (χ3v) is 6.19. The number of methoxy groups -OCH3 is 1. The third-order valence-electron chi connectivity index (χ3n) is 4.27. The van der Waals surface area contributed by atoms with Crippen molar-refractivity contribution in [2.45, 2.75) is 13.0 Å². The molecule has 6 nitrogen and oxygen atoms in total. The Morgan fingerprint density at radius 2 is 2.03 bits per heavy atom. The van der Waals surface area contributed by atoms with E-state index in [0.29, 0.717) is 38.6 Å². The molecule has 0 radical (unpaired) electrons. The standard InChI is InChI=1S/C21H18BrNO5S2/c1-3-28-18-14(22)9-12(10-15(18)27-2)11-16-19(24)23(21(29)30-16)17(20(25)26)13-7-5-4-6-8-13/h4-11,17H,3H2,1-2H3,(H,25,26)/b16-11-. The van der Waals surface area contributed by atoms with Crippen LogP contribution < -0.4 is 9.47 Å². The van der Waals surface area contributed by atoms with Crippen LogP contribution in [-0.4, -0.2) is 39.9 Å². The number of hydrogen-bond donors (Lipinski definition) is 1.